The van der Waals surface area contributed by atoms with Crippen LogP contribution in [0.1, 0.15) is 28.8 Å². The van der Waals surface area contributed by atoms with Gasteiger partial charge < -0.3 is 9.84 Å². The number of nitrogens with zero attached hydrogens (tertiary/aromatic N) is 2. The largest absolute Gasteiger partial charge is 0.497 e. The molecule has 0 spiro atoms. The molecule has 4 rings (SSSR count). The highest BCUT2D eigenvalue weighted by Gasteiger charge is 2.32. The van der Waals surface area contributed by atoms with Gasteiger partial charge in [0.1, 0.15) is 5.75 Å². The summed E-state index contributed by atoms with van der Waals surface area (Å²) in [5.74, 6) is 0.890. The predicted molar refractivity (Wildman–Crippen MR) is 133 cm³/mol. The first kappa shape index (κ1) is 24.6. The molecular weight excluding hydrogens is 443 g/mol. The fourth-order valence-corrected chi connectivity index (χ4v) is 4.59. The van der Waals surface area contributed by atoms with E-state index >= 15 is 0 Å². The third-order valence-corrected chi connectivity index (χ3v) is 6.35. The Labute approximate surface area is 201 Å². The van der Waals surface area contributed by atoms with Gasteiger partial charge in [0.15, 0.2) is 0 Å². The van der Waals surface area contributed by atoms with Gasteiger partial charge in [-0.15, -0.1) is 12.4 Å². The van der Waals surface area contributed by atoms with Crippen molar-refractivity contribution in [2.24, 2.45) is 0 Å². The van der Waals surface area contributed by atoms with Gasteiger partial charge in [-0.05, 0) is 34.9 Å². The Morgan fingerprint density at radius 2 is 1.59 bits per heavy atom. The van der Waals surface area contributed by atoms with E-state index in [1.807, 2.05) is 66.7 Å². The van der Waals surface area contributed by atoms with E-state index in [2.05, 4.69) is 21.9 Å². The zero-order valence-electron chi connectivity index (χ0n) is 18.2. The van der Waals surface area contributed by atoms with Crippen LogP contribution in [0.5, 0.6) is 5.75 Å². The SMILES string of the molecule is COc1cccc(CN2CCN(C(c3ccccc3Cl)C(O)c3ccccc3)CC2)c1.Cl. The topological polar surface area (TPSA) is 35.9 Å². The summed E-state index contributed by atoms with van der Waals surface area (Å²) >= 11 is 6.57. The Bertz CT molecular complexity index is 978. The molecule has 1 N–H and O–H groups in total. The number of rotatable bonds is 7. The molecule has 32 heavy (non-hydrogen) atoms. The summed E-state index contributed by atoms with van der Waals surface area (Å²) in [6.45, 7) is 4.48. The molecule has 0 radical (unpaired) electrons. The highest BCUT2D eigenvalue weighted by atomic mass is 35.5. The lowest BCUT2D eigenvalue weighted by Gasteiger charge is -2.41. The number of hydrogen-bond donors (Lipinski definition) is 1. The average Bonchev–Trinajstić information content (AvgIpc) is 2.82. The molecule has 2 unspecified atom stereocenters. The van der Waals surface area contributed by atoms with Crippen molar-refractivity contribution < 1.29 is 9.84 Å². The number of aliphatic hydroxyl groups excluding tert-OH is 1. The van der Waals surface area contributed by atoms with Crippen molar-refractivity contribution in [3.63, 3.8) is 0 Å². The maximum atomic E-state index is 11.3. The Balaban J connectivity index is 0.00000289. The molecule has 0 bridgehead atoms. The van der Waals surface area contributed by atoms with E-state index in [-0.39, 0.29) is 18.4 Å². The van der Waals surface area contributed by atoms with Crippen LogP contribution in [-0.2, 0) is 6.54 Å². The summed E-state index contributed by atoms with van der Waals surface area (Å²) in [4.78, 5) is 4.81. The Morgan fingerprint density at radius 3 is 2.28 bits per heavy atom. The van der Waals surface area contributed by atoms with Gasteiger partial charge in [-0.2, -0.15) is 0 Å². The normalized spacial score (nSPS) is 16.7. The number of hydrogen-bond acceptors (Lipinski definition) is 4. The van der Waals surface area contributed by atoms with E-state index in [4.69, 9.17) is 16.3 Å². The minimum atomic E-state index is -0.647. The molecule has 2 atom stereocenters. The number of piperazine rings is 1. The molecule has 0 saturated carbocycles. The van der Waals surface area contributed by atoms with Gasteiger partial charge in [0.2, 0.25) is 0 Å². The first-order valence-corrected chi connectivity index (χ1v) is 11.1. The lowest BCUT2D eigenvalue weighted by molar-refractivity contribution is 0.0149. The maximum absolute atomic E-state index is 11.3. The van der Waals surface area contributed by atoms with Crippen LogP contribution in [0.25, 0.3) is 0 Å². The van der Waals surface area contributed by atoms with Gasteiger partial charge in [-0.3, -0.25) is 9.80 Å². The summed E-state index contributed by atoms with van der Waals surface area (Å²) in [6.07, 6.45) is -0.647. The molecule has 3 aromatic carbocycles. The second-order valence-electron chi connectivity index (χ2n) is 7.99. The van der Waals surface area contributed by atoms with Crippen LogP contribution in [0.4, 0.5) is 0 Å². The Hall–Kier alpha value is -2.08. The van der Waals surface area contributed by atoms with Crippen molar-refractivity contribution in [3.05, 3.63) is 101 Å². The maximum Gasteiger partial charge on any atom is 0.119 e. The Morgan fingerprint density at radius 1 is 0.906 bits per heavy atom. The monoisotopic (exact) mass is 472 g/mol. The molecule has 0 amide bonds. The van der Waals surface area contributed by atoms with Crippen molar-refractivity contribution >= 4 is 24.0 Å². The van der Waals surface area contributed by atoms with E-state index in [1.54, 1.807) is 7.11 Å². The van der Waals surface area contributed by atoms with Gasteiger partial charge >= 0.3 is 0 Å². The molecule has 1 saturated heterocycles. The van der Waals surface area contributed by atoms with Crippen LogP contribution >= 0.6 is 24.0 Å². The van der Waals surface area contributed by atoms with Gasteiger partial charge in [-0.25, -0.2) is 0 Å². The molecule has 1 aliphatic heterocycles. The molecule has 0 aliphatic carbocycles. The summed E-state index contributed by atoms with van der Waals surface area (Å²) in [5.41, 5.74) is 3.13. The van der Waals surface area contributed by atoms with Gasteiger partial charge in [0.05, 0.1) is 19.3 Å². The van der Waals surface area contributed by atoms with Crippen LogP contribution in [0.3, 0.4) is 0 Å². The number of halogens is 2. The van der Waals surface area contributed by atoms with Crippen LogP contribution in [0.2, 0.25) is 5.02 Å². The van der Waals surface area contributed by atoms with Crippen molar-refractivity contribution in [2.75, 3.05) is 33.3 Å². The van der Waals surface area contributed by atoms with Crippen LogP contribution in [0, 0.1) is 0 Å². The lowest BCUT2D eigenvalue weighted by atomic mass is 9.93. The molecular formula is C26H30Cl2N2O2. The first-order valence-electron chi connectivity index (χ1n) is 10.7. The standard InChI is InChI=1S/C26H29ClN2O2.ClH/c1-31-22-11-7-8-20(18-22)19-28-14-16-29(17-15-28)25(23-12-5-6-13-24(23)27)26(30)21-9-3-2-4-10-21;/h2-13,18,25-26,30H,14-17,19H2,1H3;1H. The molecule has 1 heterocycles. The van der Waals surface area contributed by atoms with E-state index in [0.717, 1.165) is 49.6 Å². The van der Waals surface area contributed by atoms with Crippen molar-refractivity contribution in [1.29, 1.82) is 0 Å². The van der Waals surface area contributed by atoms with Gasteiger partial charge in [-0.1, -0.05) is 72.3 Å². The molecule has 0 aromatic heterocycles. The predicted octanol–water partition coefficient (Wildman–Crippen LogP) is 5.36. The minimum absolute atomic E-state index is 0. The quantitative estimate of drug-likeness (QED) is 0.501. The van der Waals surface area contributed by atoms with Crippen molar-refractivity contribution in [1.82, 2.24) is 9.80 Å². The fourth-order valence-electron chi connectivity index (χ4n) is 4.34. The molecule has 6 heteroatoms. The minimum Gasteiger partial charge on any atom is -0.497 e. The highest BCUT2D eigenvalue weighted by molar-refractivity contribution is 6.31. The zero-order chi connectivity index (χ0) is 21.6. The summed E-state index contributed by atoms with van der Waals surface area (Å²) < 4.78 is 5.35. The summed E-state index contributed by atoms with van der Waals surface area (Å²) in [6, 6.07) is 25.8. The van der Waals surface area contributed by atoms with Gasteiger partial charge in [0, 0.05) is 37.7 Å². The summed E-state index contributed by atoms with van der Waals surface area (Å²) in [5, 5.41) is 12.0. The molecule has 1 fully saturated rings. The van der Waals surface area contributed by atoms with E-state index in [1.165, 1.54) is 5.56 Å². The molecule has 1 aliphatic rings. The molecule has 3 aromatic rings. The second-order valence-corrected chi connectivity index (χ2v) is 8.39. The first-order chi connectivity index (χ1) is 15.2. The number of methoxy groups -OCH3 is 1. The lowest BCUT2D eigenvalue weighted by Crippen LogP contribution is -2.48. The average molecular weight is 473 g/mol. The second kappa shape index (κ2) is 11.7. The van der Waals surface area contributed by atoms with E-state index < -0.39 is 6.10 Å². The fraction of sp³-hybridized carbons (Fsp3) is 0.308. The highest BCUT2D eigenvalue weighted by Crippen LogP contribution is 2.38. The van der Waals surface area contributed by atoms with Crippen molar-refractivity contribution in [2.45, 2.75) is 18.7 Å². The number of aliphatic hydroxyl groups is 1. The van der Waals surface area contributed by atoms with Gasteiger partial charge in [0.25, 0.3) is 0 Å². The summed E-state index contributed by atoms with van der Waals surface area (Å²) in [7, 11) is 1.70. The van der Waals surface area contributed by atoms with Crippen LogP contribution in [-0.4, -0.2) is 48.2 Å². The van der Waals surface area contributed by atoms with Crippen LogP contribution in [0.15, 0.2) is 78.9 Å². The molecule has 170 valence electrons. The Kier molecular flexibility index (Phi) is 8.97. The smallest absolute Gasteiger partial charge is 0.119 e. The third kappa shape index (κ3) is 5.83. The number of benzene rings is 3. The third-order valence-electron chi connectivity index (χ3n) is 6.00. The van der Waals surface area contributed by atoms with E-state index in [9.17, 15) is 5.11 Å². The van der Waals surface area contributed by atoms with Crippen molar-refractivity contribution in [3.8, 4) is 5.75 Å². The van der Waals surface area contributed by atoms with Crippen LogP contribution < -0.4 is 4.74 Å². The van der Waals surface area contributed by atoms with E-state index in [0.29, 0.717) is 5.02 Å². The zero-order valence-corrected chi connectivity index (χ0v) is 19.8. The number of ether oxygens (including phenoxy) is 1. The molecule has 4 nitrogen and oxygen atoms in total.